The number of aromatic nitrogens is 1. The Bertz CT molecular complexity index is 597. The molecule has 0 spiro atoms. The molecule has 3 heteroatoms. The zero-order chi connectivity index (χ0) is 17.7. The summed E-state index contributed by atoms with van der Waals surface area (Å²) in [6.45, 7) is 12.4. The standard InChI is InChI=1S/C22H36N2S/c1-21(2)9-10-22(3,4)18-13-16(5-6-17(18)21)19-14-25-20(24-19)15-7-11-23-12-8-15/h14-18,23H,5-13H2,1-4H3. The van der Waals surface area contributed by atoms with Crippen molar-refractivity contribution in [3.05, 3.63) is 16.1 Å². The Kier molecular flexibility index (Phi) is 4.77. The number of hydrogen-bond donors (Lipinski definition) is 1. The number of thiazole rings is 1. The average Bonchev–Trinajstić information content (AvgIpc) is 3.10. The predicted molar refractivity (Wildman–Crippen MR) is 107 cm³/mol. The second-order valence-electron chi connectivity index (χ2n) is 10.3. The molecule has 1 aromatic heterocycles. The lowest BCUT2D eigenvalue weighted by Gasteiger charge is -2.55. The molecule has 2 saturated carbocycles. The van der Waals surface area contributed by atoms with Crippen LogP contribution in [0.2, 0.25) is 0 Å². The molecular weight excluding hydrogens is 324 g/mol. The van der Waals surface area contributed by atoms with Crippen LogP contribution < -0.4 is 5.32 Å². The van der Waals surface area contributed by atoms with Crippen LogP contribution in [0.3, 0.4) is 0 Å². The van der Waals surface area contributed by atoms with E-state index >= 15 is 0 Å². The quantitative estimate of drug-likeness (QED) is 0.704. The van der Waals surface area contributed by atoms with E-state index in [4.69, 9.17) is 4.98 Å². The van der Waals surface area contributed by atoms with Gasteiger partial charge < -0.3 is 5.32 Å². The Morgan fingerprint density at radius 2 is 1.60 bits per heavy atom. The van der Waals surface area contributed by atoms with E-state index in [1.54, 1.807) is 0 Å². The van der Waals surface area contributed by atoms with Crippen molar-refractivity contribution in [2.75, 3.05) is 13.1 Å². The van der Waals surface area contributed by atoms with Gasteiger partial charge in [0.15, 0.2) is 0 Å². The van der Waals surface area contributed by atoms with Gasteiger partial charge in [-0.1, -0.05) is 27.7 Å². The Balaban J connectivity index is 1.50. The van der Waals surface area contributed by atoms with Gasteiger partial charge in [-0.2, -0.15) is 0 Å². The molecule has 1 N–H and O–H groups in total. The smallest absolute Gasteiger partial charge is 0.0960 e. The van der Waals surface area contributed by atoms with Crippen molar-refractivity contribution >= 4 is 11.3 Å². The fraction of sp³-hybridized carbons (Fsp3) is 0.864. The number of nitrogens with zero attached hydrogens (tertiary/aromatic N) is 1. The van der Waals surface area contributed by atoms with Crippen LogP contribution in [0.4, 0.5) is 0 Å². The van der Waals surface area contributed by atoms with Crippen molar-refractivity contribution in [1.29, 1.82) is 0 Å². The molecule has 0 amide bonds. The van der Waals surface area contributed by atoms with Gasteiger partial charge in [0.25, 0.3) is 0 Å². The lowest BCUT2D eigenvalue weighted by Crippen LogP contribution is -2.46. The Morgan fingerprint density at radius 3 is 2.32 bits per heavy atom. The summed E-state index contributed by atoms with van der Waals surface area (Å²) in [5, 5.41) is 7.30. The van der Waals surface area contributed by atoms with Gasteiger partial charge >= 0.3 is 0 Å². The molecule has 3 fully saturated rings. The summed E-state index contributed by atoms with van der Waals surface area (Å²) >= 11 is 1.94. The third-order valence-corrected chi connectivity index (χ3v) is 8.94. The Hall–Kier alpha value is -0.410. The van der Waals surface area contributed by atoms with Crippen molar-refractivity contribution in [2.24, 2.45) is 22.7 Å². The summed E-state index contributed by atoms with van der Waals surface area (Å²) in [6.07, 6.45) is 9.47. The zero-order valence-electron chi connectivity index (χ0n) is 16.6. The van der Waals surface area contributed by atoms with E-state index in [1.807, 2.05) is 11.3 Å². The van der Waals surface area contributed by atoms with Crippen molar-refractivity contribution in [3.8, 4) is 0 Å². The molecule has 3 atom stereocenters. The van der Waals surface area contributed by atoms with Crippen LogP contribution in [0.5, 0.6) is 0 Å². The maximum absolute atomic E-state index is 5.17. The van der Waals surface area contributed by atoms with Crippen LogP contribution in [0, 0.1) is 22.7 Å². The highest BCUT2D eigenvalue weighted by molar-refractivity contribution is 7.09. The Labute approximate surface area is 158 Å². The molecule has 2 nitrogen and oxygen atoms in total. The van der Waals surface area contributed by atoms with Crippen LogP contribution in [0.15, 0.2) is 5.38 Å². The van der Waals surface area contributed by atoms with E-state index in [2.05, 4.69) is 38.4 Å². The van der Waals surface area contributed by atoms with E-state index in [1.165, 1.54) is 55.6 Å². The van der Waals surface area contributed by atoms with Crippen LogP contribution in [-0.4, -0.2) is 18.1 Å². The summed E-state index contributed by atoms with van der Waals surface area (Å²) < 4.78 is 0. The first-order valence-electron chi connectivity index (χ1n) is 10.5. The molecule has 140 valence electrons. The maximum Gasteiger partial charge on any atom is 0.0960 e. The van der Waals surface area contributed by atoms with Crippen LogP contribution in [0.25, 0.3) is 0 Å². The van der Waals surface area contributed by atoms with Crippen LogP contribution in [0.1, 0.15) is 95.2 Å². The molecule has 3 unspecified atom stereocenters. The van der Waals surface area contributed by atoms with E-state index in [9.17, 15) is 0 Å². The number of hydrogen-bond acceptors (Lipinski definition) is 3. The van der Waals surface area contributed by atoms with E-state index in [0.717, 1.165) is 24.9 Å². The highest BCUT2D eigenvalue weighted by Gasteiger charge is 2.50. The topological polar surface area (TPSA) is 24.9 Å². The normalized spacial score (nSPS) is 35.3. The van der Waals surface area contributed by atoms with E-state index in [0.29, 0.717) is 22.7 Å². The lowest BCUT2D eigenvalue weighted by molar-refractivity contribution is -0.0501. The third-order valence-electron chi connectivity index (χ3n) is 7.92. The molecule has 4 rings (SSSR count). The van der Waals surface area contributed by atoms with Gasteiger partial charge in [0.1, 0.15) is 0 Å². The first kappa shape index (κ1) is 18.0. The van der Waals surface area contributed by atoms with E-state index < -0.39 is 0 Å². The van der Waals surface area contributed by atoms with Crippen LogP contribution in [-0.2, 0) is 0 Å². The van der Waals surface area contributed by atoms with Crippen molar-refractivity contribution < 1.29 is 0 Å². The van der Waals surface area contributed by atoms with Crippen molar-refractivity contribution in [2.45, 2.75) is 84.5 Å². The summed E-state index contributed by atoms with van der Waals surface area (Å²) in [5.41, 5.74) is 2.47. The van der Waals surface area contributed by atoms with Gasteiger partial charge in [0.05, 0.1) is 10.7 Å². The molecular formula is C22H36N2S. The van der Waals surface area contributed by atoms with Gasteiger partial charge in [-0.05, 0) is 80.7 Å². The SMILES string of the molecule is CC1(C)CCC(C)(C)C2CC(c3csc(C4CCNCC4)n3)CCC21. The monoisotopic (exact) mass is 360 g/mol. The number of rotatable bonds is 2. The van der Waals surface area contributed by atoms with Gasteiger partial charge in [-0.25, -0.2) is 4.98 Å². The summed E-state index contributed by atoms with van der Waals surface area (Å²) in [7, 11) is 0. The second kappa shape index (κ2) is 6.64. The first-order chi connectivity index (χ1) is 11.9. The summed E-state index contributed by atoms with van der Waals surface area (Å²) in [6, 6.07) is 0. The fourth-order valence-electron chi connectivity index (χ4n) is 6.00. The molecule has 1 aromatic rings. The third kappa shape index (κ3) is 3.43. The number of piperidine rings is 1. The van der Waals surface area contributed by atoms with Crippen molar-refractivity contribution in [3.63, 3.8) is 0 Å². The Morgan fingerprint density at radius 1 is 0.920 bits per heavy atom. The van der Waals surface area contributed by atoms with E-state index in [-0.39, 0.29) is 0 Å². The highest BCUT2D eigenvalue weighted by atomic mass is 32.1. The molecule has 0 radical (unpaired) electrons. The number of nitrogens with one attached hydrogen (secondary N) is 1. The van der Waals surface area contributed by atoms with Gasteiger partial charge in [-0.3, -0.25) is 0 Å². The largest absolute Gasteiger partial charge is 0.317 e. The fourth-order valence-corrected chi connectivity index (χ4v) is 7.07. The molecule has 2 heterocycles. The van der Waals surface area contributed by atoms with Gasteiger partial charge in [0, 0.05) is 17.2 Å². The predicted octanol–water partition coefficient (Wildman–Crippen LogP) is 5.96. The molecule has 2 aliphatic carbocycles. The van der Waals surface area contributed by atoms with Crippen LogP contribution >= 0.6 is 11.3 Å². The van der Waals surface area contributed by atoms with Gasteiger partial charge in [-0.15, -0.1) is 11.3 Å². The molecule has 0 bridgehead atoms. The summed E-state index contributed by atoms with van der Waals surface area (Å²) in [5.74, 6) is 3.21. The summed E-state index contributed by atoms with van der Waals surface area (Å²) in [4.78, 5) is 5.17. The molecule has 1 saturated heterocycles. The minimum Gasteiger partial charge on any atom is -0.317 e. The highest BCUT2D eigenvalue weighted by Crippen LogP contribution is 2.59. The zero-order valence-corrected chi connectivity index (χ0v) is 17.4. The van der Waals surface area contributed by atoms with Gasteiger partial charge in [0.2, 0.25) is 0 Å². The lowest BCUT2D eigenvalue weighted by atomic mass is 9.49. The molecule has 3 aliphatic rings. The minimum atomic E-state index is 0.507. The molecule has 25 heavy (non-hydrogen) atoms. The second-order valence-corrected chi connectivity index (χ2v) is 11.2. The molecule has 1 aliphatic heterocycles. The molecule has 0 aromatic carbocycles. The maximum atomic E-state index is 5.17. The van der Waals surface area contributed by atoms with Crippen molar-refractivity contribution in [1.82, 2.24) is 10.3 Å². The average molecular weight is 361 g/mol. The minimum absolute atomic E-state index is 0.507. The first-order valence-corrected chi connectivity index (χ1v) is 11.4. The number of fused-ring (bicyclic) bond motifs is 1.